The second-order valence-electron chi connectivity index (χ2n) is 4.15. The fourth-order valence-electron chi connectivity index (χ4n) is 2.08. The molecule has 0 radical (unpaired) electrons. The van der Waals surface area contributed by atoms with Crippen molar-refractivity contribution in [3.8, 4) is 0 Å². The molecule has 1 aliphatic heterocycles. The molecular weight excluding hydrogens is 326 g/mol. The van der Waals surface area contributed by atoms with Gasteiger partial charge in [-0.05, 0) is 0 Å². The van der Waals surface area contributed by atoms with Gasteiger partial charge in [-0.1, -0.05) is 0 Å². The summed E-state index contributed by atoms with van der Waals surface area (Å²) in [6.45, 7) is 0.344. The molecule has 20 heavy (non-hydrogen) atoms. The first-order valence-electron chi connectivity index (χ1n) is 5.58. The molecule has 0 fully saturated rings. The third kappa shape index (κ3) is 3.47. The van der Waals surface area contributed by atoms with Crippen LogP contribution < -0.4 is 5.32 Å². The van der Waals surface area contributed by atoms with Crippen LogP contribution in [0.25, 0.3) is 0 Å². The highest BCUT2D eigenvalue weighted by Gasteiger charge is 2.25. The minimum Gasteiger partial charge on any atom is -0.331 e. The Bertz CT molecular complexity index is 575. The Balaban J connectivity index is 0.000001000. The summed E-state index contributed by atoms with van der Waals surface area (Å²) in [4.78, 5) is 19.9. The van der Waals surface area contributed by atoms with Gasteiger partial charge in [-0.15, -0.1) is 36.2 Å². The molecule has 0 aliphatic carbocycles. The summed E-state index contributed by atoms with van der Waals surface area (Å²) in [5, 5.41) is 5.05. The maximum atomic E-state index is 13.2. The number of thiazole rings is 1. The van der Waals surface area contributed by atoms with E-state index in [0.29, 0.717) is 23.8 Å². The molecule has 0 bridgehead atoms. The highest BCUT2D eigenvalue weighted by atomic mass is 35.5. The van der Waals surface area contributed by atoms with Crippen LogP contribution in [0, 0.1) is 0 Å². The van der Waals surface area contributed by atoms with E-state index in [4.69, 9.17) is 0 Å². The fraction of sp³-hybridized carbons (Fsp3) is 0.364. The number of carbonyl (C=O) groups is 1. The van der Waals surface area contributed by atoms with E-state index < -0.39 is 6.17 Å². The van der Waals surface area contributed by atoms with Gasteiger partial charge in [0.25, 0.3) is 0 Å². The highest BCUT2D eigenvalue weighted by molar-refractivity contribution is 7.13. The molecule has 0 saturated carbocycles. The van der Waals surface area contributed by atoms with Gasteiger partial charge in [0, 0.05) is 23.7 Å². The zero-order valence-corrected chi connectivity index (χ0v) is 12.7. The first-order chi connectivity index (χ1) is 8.72. The van der Waals surface area contributed by atoms with Gasteiger partial charge in [-0.25, -0.2) is 14.4 Å². The zero-order valence-electron chi connectivity index (χ0n) is 10.3. The predicted molar refractivity (Wildman–Crippen MR) is 79.8 cm³/mol. The quantitative estimate of drug-likeness (QED) is 0.933. The number of hydrogen-bond acceptors (Lipinski definition) is 4. The van der Waals surface area contributed by atoms with Crippen LogP contribution in [0.1, 0.15) is 11.4 Å². The van der Waals surface area contributed by atoms with E-state index >= 15 is 0 Å². The van der Waals surface area contributed by atoms with Gasteiger partial charge in [0.2, 0.25) is 5.91 Å². The molecule has 110 valence electrons. The molecule has 1 atom stereocenters. The van der Waals surface area contributed by atoms with Crippen molar-refractivity contribution in [2.45, 2.75) is 25.6 Å². The van der Waals surface area contributed by atoms with Crippen LogP contribution in [0.3, 0.4) is 0 Å². The Hall–Kier alpha value is -1.18. The van der Waals surface area contributed by atoms with Crippen molar-refractivity contribution in [2.75, 3.05) is 5.32 Å². The van der Waals surface area contributed by atoms with E-state index in [9.17, 15) is 9.18 Å². The summed E-state index contributed by atoms with van der Waals surface area (Å²) in [6.07, 6.45) is 2.88. The van der Waals surface area contributed by atoms with E-state index in [-0.39, 0.29) is 37.1 Å². The molecule has 0 aromatic carbocycles. The summed E-state index contributed by atoms with van der Waals surface area (Å²) < 4.78 is 15.0. The Morgan fingerprint density at radius 2 is 2.30 bits per heavy atom. The monoisotopic (exact) mass is 338 g/mol. The summed E-state index contributed by atoms with van der Waals surface area (Å²) in [7, 11) is 0. The maximum Gasteiger partial charge on any atom is 0.232 e. The van der Waals surface area contributed by atoms with Gasteiger partial charge >= 0.3 is 0 Å². The average Bonchev–Trinajstić information content (AvgIpc) is 2.98. The first-order valence-corrected chi connectivity index (χ1v) is 6.46. The zero-order chi connectivity index (χ0) is 12.5. The number of anilines is 1. The topological polar surface area (TPSA) is 59.8 Å². The number of carbonyl (C=O) groups excluding carboxylic acids is 1. The SMILES string of the molecule is Cl.Cl.O=C(Cc1ncn2c1C[C@@H](F)C2)Nc1nccs1. The molecule has 5 nitrogen and oxygen atoms in total. The van der Waals surface area contributed by atoms with E-state index in [1.54, 1.807) is 22.5 Å². The largest absolute Gasteiger partial charge is 0.331 e. The molecular formula is C11H13Cl2FN4OS. The lowest BCUT2D eigenvalue weighted by Crippen LogP contribution is -2.15. The van der Waals surface area contributed by atoms with E-state index in [1.165, 1.54) is 11.3 Å². The Kier molecular flexibility index (Phi) is 5.91. The van der Waals surface area contributed by atoms with Gasteiger partial charge in [0.1, 0.15) is 6.17 Å². The number of aromatic nitrogens is 3. The number of halogens is 3. The van der Waals surface area contributed by atoms with Gasteiger partial charge in [0.05, 0.1) is 25.0 Å². The Labute approximate surface area is 131 Å². The Morgan fingerprint density at radius 1 is 1.50 bits per heavy atom. The number of fused-ring (bicyclic) bond motifs is 1. The van der Waals surface area contributed by atoms with Crippen LogP contribution in [0.4, 0.5) is 9.52 Å². The molecule has 1 amide bonds. The van der Waals surface area contributed by atoms with Crippen molar-refractivity contribution in [1.29, 1.82) is 0 Å². The molecule has 3 rings (SSSR count). The predicted octanol–water partition coefficient (Wildman–Crippen LogP) is 2.26. The van der Waals surface area contributed by atoms with E-state index in [0.717, 1.165) is 5.69 Å². The molecule has 2 aromatic heterocycles. The van der Waals surface area contributed by atoms with Crippen molar-refractivity contribution in [3.05, 3.63) is 29.3 Å². The molecule has 3 heterocycles. The standard InChI is InChI=1S/C11H11FN4OS.2ClH/c12-7-3-9-8(14-6-16(9)5-7)4-10(17)15-11-13-1-2-18-11;;/h1-2,6-7H,3-5H2,(H,13,15,17);2*1H/t7-;;/m1../s1. The van der Waals surface area contributed by atoms with Crippen molar-refractivity contribution in [3.63, 3.8) is 0 Å². The lowest BCUT2D eigenvalue weighted by atomic mass is 10.2. The number of imidazole rings is 1. The molecule has 0 saturated heterocycles. The minimum atomic E-state index is -0.858. The minimum absolute atomic E-state index is 0. The van der Waals surface area contributed by atoms with Gasteiger partial charge < -0.3 is 9.88 Å². The molecule has 1 N–H and O–H groups in total. The van der Waals surface area contributed by atoms with Crippen LogP contribution in [0.2, 0.25) is 0 Å². The van der Waals surface area contributed by atoms with E-state index in [1.807, 2.05) is 0 Å². The average molecular weight is 339 g/mol. The van der Waals surface area contributed by atoms with Crippen LogP contribution in [-0.4, -0.2) is 26.6 Å². The number of rotatable bonds is 3. The molecule has 0 unspecified atom stereocenters. The van der Waals surface area contributed by atoms with Crippen molar-refractivity contribution >= 4 is 47.2 Å². The summed E-state index contributed by atoms with van der Waals surface area (Å²) >= 11 is 1.36. The highest BCUT2D eigenvalue weighted by Crippen LogP contribution is 2.21. The number of nitrogens with zero attached hydrogens (tertiary/aromatic N) is 3. The fourth-order valence-corrected chi connectivity index (χ4v) is 2.62. The van der Waals surface area contributed by atoms with Gasteiger partial charge in [-0.3, -0.25) is 4.79 Å². The van der Waals surface area contributed by atoms with Crippen LogP contribution in [-0.2, 0) is 24.2 Å². The number of amides is 1. The summed E-state index contributed by atoms with van der Waals surface area (Å²) in [5.41, 5.74) is 1.49. The third-order valence-corrected chi connectivity index (χ3v) is 3.54. The normalized spacial score (nSPS) is 15.9. The van der Waals surface area contributed by atoms with Gasteiger partial charge in [-0.2, -0.15) is 0 Å². The lowest BCUT2D eigenvalue weighted by molar-refractivity contribution is -0.115. The molecule has 0 spiro atoms. The van der Waals surface area contributed by atoms with Crippen molar-refractivity contribution in [1.82, 2.24) is 14.5 Å². The van der Waals surface area contributed by atoms with Crippen molar-refractivity contribution in [2.24, 2.45) is 0 Å². The Morgan fingerprint density at radius 3 is 3.00 bits per heavy atom. The van der Waals surface area contributed by atoms with Crippen LogP contribution in [0.5, 0.6) is 0 Å². The van der Waals surface area contributed by atoms with Crippen LogP contribution in [0.15, 0.2) is 17.9 Å². The number of alkyl halides is 1. The lowest BCUT2D eigenvalue weighted by Gasteiger charge is -2.01. The smallest absolute Gasteiger partial charge is 0.232 e. The molecule has 1 aliphatic rings. The van der Waals surface area contributed by atoms with Crippen LogP contribution >= 0.6 is 36.2 Å². The first kappa shape index (κ1) is 16.9. The van der Waals surface area contributed by atoms with Crippen molar-refractivity contribution < 1.29 is 9.18 Å². The van der Waals surface area contributed by atoms with Gasteiger partial charge in [0.15, 0.2) is 5.13 Å². The maximum absolute atomic E-state index is 13.2. The summed E-state index contributed by atoms with van der Waals surface area (Å²) in [5.74, 6) is -0.172. The second-order valence-corrected chi connectivity index (χ2v) is 5.05. The molecule has 2 aromatic rings. The number of nitrogens with one attached hydrogen (secondary N) is 1. The molecule has 9 heteroatoms. The number of hydrogen-bond donors (Lipinski definition) is 1. The van der Waals surface area contributed by atoms with E-state index in [2.05, 4.69) is 15.3 Å². The summed E-state index contributed by atoms with van der Waals surface area (Å²) in [6, 6.07) is 0. The second kappa shape index (κ2) is 7.01. The third-order valence-electron chi connectivity index (χ3n) is 2.85.